The molecule has 0 radical (unpaired) electrons. The van der Waals surface area contributed by atoms with Crippen molar-refractivity contribution in [2.24, 2.45) is 0 Å². The summed E-state index contributed by atoms with van der Waals surface area (Å²) in [5.41, 5.74) is 0. The van der Waals surface area contributed by atoms with Gasteiger partial charge < -0.3 is 4.74 Å². The summed E-state index contributed by atoms with van der Waals surface area (Å²) in [5, 5.41) is 0.807. The first-order valence-corrected chi connectivity index (χ1v) is 7.37. The van der Waals surface area contributed by atoms with Gasteiger partial charge in [-0.1, -0.05) is 36.2 Å². The molecule has 2 rings (SSSR count). The number of hydrogen-bond acceptors (Lipinski definition) is 3. The summed E-state index contributed by atoms with van der Waals surface area (Å²) in [6.07, 6.45) is 0.926. The Balaban J connectivity index is 2.04. The van der Waals surface area contributed by atoms with Crippen molar-refractivity contribution in [1.29, 1.82) is 0 Å². The SMILES string of the molecule is CCc1ccc(C(=O)COc2c(Cl)cccc2Cl)s1. The number of aryl methyl sites for hydroxylation is 1. The fourth-order valence-corrected chi connectivity index (χ4v) is 2.93. The van der Waals surface area contributed by atoms with E-state index < -0.39 is 0 Å². The molecule has 0 atom stereocenters. The number of ether oxygens (including phenoxy) is 1. The molecule has 0 aliphatic rings. The zero-order valence-electron chi connectivity index (χ0n) is 10.3. The van der Waals surface area contributed by atoms with Crippen LogP contribution in [0.15, 0.2) is 30.3 Å². The van der Waals surface area contributed by atoms with E-state index >= 15 is 0 Å². The summed E-state index contributed by atoms with van der Waals surface area (Å²) >= 11 is 13.4. The number of halogens is 2. The molecular weight excluding hydrogens is 303 g/mol. The van der Waals surface area contributed by atoms with Crippen LogP contribution >= 0.6 is 34.5 Å². The molecule has 0 amide bonds. The number of para-hydroxylation sites is 1. The maximum absolute atomic E-state index is 12.0. The summed E-state index contributed by atoms with van der Waals surface area (Å²) in [4.78, 5) is 13.8. The fraction of sp³-hybridized carbons (Fsp3) is 0.214. The van der Waals surface area contributed by atoms with E-state index in [9.17, 15) is 4.79 Å². The van der Waals surface area contributed by atoms with Gasteiger partial charge in [0.15, 0.2) is 12.4 Å². The number of carbonyl (C=O) groups is 1. The maximum Gasteiger partial charge on any atom is 0.210 e. The van der Waals surface area contributed by atoms with Crippen LogP contribution in [0.5, 0.6) is 5.75 Å². The first-order valence-electron chi connectivity index (χ1n) is 5.80. The predicted octanol–water partition coefficient (Wildman–Crippen LogP) is 4.88. The first-order chi connectivity index (χ1) is 9.11. The van der Waals surface area contributed by atoms with Crippen molar-refractivity contribution in [3.63, 3.8) is 0 Å². The highest BCUT2D eigenvalue weighted by atomic mass is 35.5. The third-order valence-electron chi connectivity index (χ3n) is 2.55. The van der Waals surface area contributed by atoms with Gasteiger partial charge in [0.2, 0.25) is 5.78 Å². The van der Waals surface area contributed by atoms with E-state index in [0.29, 0.717) is 20.7 Å². The predicted molar refractivity (Wildman–Crippen MR) is 80.0 cm³/mol. The van der Waals surface area contributed by atoms with Crippen molar-refractivity contribution < 1.29 is 9.53 Å². The molecule has 1 aromatic heterocycles. The Kier molecular flexibility index (Phi) is 4.86. The summed E-state index contributed by atoms with van der Waals surface area (Å²) in [7, 11) is 0. The molecule has 0 N–H and O–H groups in total. The van der Waals surface area contributed by atoms with Crippen LogP contribution in [0.2, 0.25) is 10.0 Å². The van der Waals surface area contributed by atoms with Crippen molar-refractivity contribution >= 4 is 40.3 Å². The Bertz CT molecular complexity index is 573. The number of hydrogen-bond donors (Lipinski definition) is 0. The molecule has 0 fully saturated rings. The minimum atomic E-state index is -0.0688. The highest BCUT2D eigenvalue weighted by Crippen LogP contribution is 2.32. The van der Waals surface area contributed by atoms with Gasteiger partial charge in [-0.25, -0.2) is 0 Å². The molecule has 0 saturated carbocycles. The molecule has 0 spiro atoms. The van der Waals surface area contributed by atoms with Gasteiger partial charge in [-0.3, -0.25) is 4.79 Å². The van der Waals surface area contributed by atoms with Crippen LogP contribution in [0.25, 0.3) is 0 Å². The summed E-state index contributed by atoms with van der Waals surface area (Å²) in [6, 6.07) is 8.86. The normalized spacial score (nSPS) is 10.5. The van der Waals surface area contributed by atoms with Crippen molar-refractivity contribution in [3.05, 3.63) is 50.1 Å². The van der Waals surface area contributed by atoms with E-state index in [1.807, 2.05) is 12.1 Å². The highest BCUT2D eigenvalue weighted by molar-refractivity contribution is 7.14. The van der Waals surface area contributed by atoms with Crippen molar-refractivity contribution in [3.8, 4) is 5.75 Å². The second kappa shape index (κ2) is 6.42. The number of carbonyl (C=O) groups excluding carboxylic acids is 1. The Morgan fingerprint density at radius 3 is 2.47 bits per heavy atom. The van der Waals surface area contributed by atoms with E-state index in [4.69, 9.17) is 27.9 Å². The third-order valence-corrected chi connectivity index (χ3v) is 4.42. The topological polar surface area (TPSA) is 26.3 Å². The van der Waals surface area contributed by atoms with Crippen LogP contribution in [-0.2, 0) is 6.42 Å². The van der Waals surface area contributed by atoms with Gasteiger partial charge >= 0.3 is 0 Å². The number of Topliss-reactive ketones (excluding diaryl/α,β-unsaturated/α-hetero) is 1. The quantitative estimate of drug-likeness (QED) is 0.735. The van der Waals surface area contributed by atoms with E-state index in [-0.39, 0.29) is 12.4 Å². The molecule has 5 heteroatoms. The average molecular weight is 315 g/mol. The minimum Gasteiger partial charge on any atom is -0.482 e. The monoisotopic (exact) mass is 314 g/mol. The number of rotatable bonds is 5. The lowest BCUT2D eigenvalue weighted by atomic mass is 10.3. The number of ketones is 1. The van der Waals surface area contributed by atoms with Gasteiger partial charge in [0.25, 0.3) is 0 Å². The van der Waals surface area contributed by atoms with Gasteiger partial charge in [0.05, 0.1) is 14.9 Å². The lowest BCUT2D eigenvalue weighted by Crippen LogP contribution is -2.10. The first kappa shape index (κ1) is 14.4. The minimum absolute atomic E-state index is 0.0624. The Morgan fingerprint density at radius 1 is 1.21 bits per heavy atom. The molecule has 0 unspecified atom stereocenters. The van der Waals surface area contributed by atoms with Gasteiger partial charge in [-0.15, -0.1) is 11.3 Å². The van der Waals surface area contributed by atoms with E-state index in [1.54, 1.807) is 18.2 Å². The zero-order valence-corrected chi connectivity index (χ0v) is 12.6. The van der Waals surface area contributed by atoms with E-state index in [2.05, 4.69) is 6.92 Å². The maximum atomic E-state index is 12.0. The van der Waals surface area contributed by atoms with Gasteiger partial charge in [0, 0.05) is 4.88 Å². The van der Waals surface area contributed by atoms with Crippen LogP contribution in [0.4, 0.5) is 0 Å². The summed E-state index contributed by atoms with van der Waals surface area (Å²) in [5.74, 6) is 0.284. The Morgan fingerprint density at radius 2 is 1.89 bits per heavy atom. The van der Waals surface area contributed by atoms with Crippen LogP contribution in [0, 0.1) is 0 Å². The second-order valence-corrected chi connectivity index (χ2v) is 5.86. The van der Waals surface area contributed by atoms with E-state index in [1.165, 1.54) is 16.2 Å². The molecule has 19 heavy (non-hydrogen) atoms. The zero-order chi connectivity index (χ0) is 13.8. The molecule has 1 heterocycles. The van der Waals surface area contributed by atoms with Crippen LogP contribution in [0.1, 0.15) is 21.5 Å². The molecule has 0 aliphatic carbocycles. The van der Waals surface area contributed by atoms with E-state index in [0.717, 1.165) is 6.42 Å². The lowest BCUT2D eigenvalue weighted by molar-refractivity contribution is 0.0926. The fourth-order valence-electron chi connectivity index (χ4n) is 1.55. The van der Waals surface area contributed by atoms with Crippen molar-refractivity contribution in [2.75, 3.05) is 6.61 Å². The van der Waals surface area contributed by atoms with Gasteiger partial charge in [0.1, 0.15) is 0 Å². The molecule has 1 aromatic carbocycles. The van der Waals surface area contributed by atoms with Gasteiger partial charge in [-0.05, 0) is 30.7 Å². The lowest BCUT2D eigenvalue weighted by Gasteiger charge is -2.08. The van der Waals surface area contributed by atoms with Gasteiger partial charge in [-0.2, -0.15) is 0 Å². The molecule has 0 bridgehead atoms. The second-order valence-electron chi connectivity index (χ2n) is 3.88. The summed E-state index contributed by atoms with van der Waals surface area (Å²) in [6.45, 7) is 1.99. The molecule has 100 valence electrons. The molecule has 2 nitrogen and oxygen atoms in total. The van der Waals surface area contributed by atoms with Crippen LogP contribution in [-0.4, -0.2) is 12.4 Å². The summed E-state index contributed by atoms with van der Waals surface area (Å²) < 4.78 is 5.42. The molecule has 2 aromatic rings. The number of thiophene rings is 1. The molecular formula is C14H12Cl2O2S. The average Bonchev–Trinajstić information content (AvgIpc) is 2.86. The standard InChI is InChI=1S/C14H12Cl2O2S/c1-2-9-6-7-13(19-9)12(17)8-18-14-10(15)4-3-5-11(14)16/h3-7H,2,8H2,1H3. The highest BCUT2D eigenvalue weighted by Gasteiger charge is 2.12. The smallest absolute Gasteiger partial charge is 0.210 e. The Labute approximate surface area is 125 Å². The Hall–Kier alpha value is -1.03. The van der Waals surface area contributed by atoms with Crippen LogP contribution < -0.4 is 4.74 Å². The number of benzene rings is 1. The van der Waals surface area contributed by atoms with Crippen molar-refractivity contribution in [1.82, 2.24) is 0 Å². The largest absolute Gasteiger partial charge is 0.482 e. The van der Waals surface area contributed by atoms with Crippen molar-refractivity contribution in [2.45, 2.75) is 13.3 Å². The molecule has 0 saturated heterocycles. The third kappa shape index (κ3) is 3.50. The molecule has 0 aliphatic heterocycles. The van der Waals surface area contributed by atoms with Crippen LogP contribution in [0.3, 0.4) is 0 Å².